The molecule has 0 bridgehead atoms. The molecule has 90 heavy (non-hydrogen) atoms. The lowest BCUT2D eigenvalue weighted by Gasteiger charge is -2.15. The van der Waals surface area contributed by atoms with Crippen LogP contribution in [0.3, 0.4) is 0 Å². The van der Waals surface area contributed by atoms with Crippen molar-refractivity contribution >= 4 is 93.4 Å². The standard InChI is InChI=1S/C36H25BrN2O.C30H24O3.C12H10BrN2O.HI/c1-22-10-8-11-23(2)35(22)26-19-30(38-31(20-26)29-15-9-17-34(37)39-29)25-18-28(24-12-4-3-5-13-24)36-27-14-6-7-16-32(27)40-33(36)21-25;1-19-10-9-11-20(2)22(19)16-17-25(31)24-18-27-29(23-14-7-8-15-26(23)33-27)28(30(24)32-3)21-12-5-4-6-13-21;13-12-6-4-5-10(14-12)11(16)9-15-7-2-1-3-8-15;/h3-21H,1-2H3;4-18H,1-3H3;1-8H,9H2;1H/q;;+1;/p-1/b;17-16+;;. The number of benzene rings is 8. The summed E-state index contributed by atoms with van der Waals surface area (Å²) < 4.78 is 21.7. The average molecular weight is 1420 g/mol. The fourth-order valence-electron chi connectivity index (χ4n) is 11.5. The van der Waals surface area contributed by atoms with Crippen LogP contribution in [-0.2, 0) is 6.54 Å². The van der Waals surface area contributed by atoms with E-state index in [-0.39, 0.29) is 35.5 Å². The third kappa shape index (κ3) is 13.4. The number of Topliss-reactive ketones (excluding diaryl/α,β-unsaturated/α-hetero) is 1. The molecule has 14 aromatic rings. The number of halogens is 3. The Bertz CT molecular complexity index is 4950. The van der Waals surface area contributed by atoms with Crippen LogP contribution in [0, 0.1) is 27.7 Å². The van der Waals surface area contributed by atoms with Gasteiger partial charge in [0.05, 0.1) is 29.8 Å². The summed E-state index contributed by atoms with van der Waals surface area (Å²) >= 11 is 6.78. The number of pyridine rings is 4. The van der Waals surface area contributed by atoms with Crippen LogP contribution in [-0.4, -0.2) is 33.6 Å². The lowest BCUT2D eigenvalue weighted by atomic mass is 9.92. The van der Waals surface area contributed by atoms with E-state index in [4.69, 9.17) is 23.5 Å². The number of carbonyl (C=O) groups is 2. The van der Waals surface area contributed by atoms with Gasteiger partial charge < -0.3 is 37.5 Å². The van der Waals surface area contributed by atoms with Crippen LogP contribution in [0.15, 0.2) is 267 Å². The first-order chi connectivity index (χ1) is 43.4. The minimum absolute atomic E-state index is 0. The van der Waals surface area contributed by atoms with E-state index in [1.165, 1.54) is 16.7 Å². The van der Waals surface area contributed by atoms with Gasteiger partial charge in [0.2, 0.25) is 12.3 Å². The highest BCUT2D eigenvalue weighted by Crippen LogP contribution is 2.45. The van der Waals surface area contributed by atoms with E-state index in [9.17, 15) is 9.59 Å². The van der Waals surface area contributed by atoms with Crippen LogP contribution in [0.1, 0.15) is 48.7 Å². The third-order valence-electron chi connectivity index (χ3n) is 15.6. The molecule has 0 aliphatic carbocycles. The zero-order valence-electron chi connectivity index (χ0n) is 49.9. The van der Waals surface area contributed by atoms with E-state index < -0.39 is 0 Å². The summed E-state index contributed by atoms with van der Waals surface area (Å²) in [7, 11) is 1.61. The summed E-state index contributed by atoms with van der Waals surface area (Å²) in [6, 6.07) is 76.6. The van der Waals surface area contributed by atoms with Crippen molar-refractivity contribution in [3.63, 3.8) is 0 Å². The van der Waals surface area contributed by atoms with Crippen molar-refractivity contribution in [1.82, 2.24) is 15.0 Å². The molecule has 8 aromatic carbocycles. The zero-order valence-corrected chi connectivity index (χ0v) is 55.2. The molecular formula is C78H59Br2IN4O5. The Hall–Kier alpha value is -9.47. The topological polar surface area (TPSA) is 112 Å². The number of ketones is 2. The molecule has 6 aromatic heterocycles. The van der Waals surface area contributed by atoms with Gasteiger partial charge in [0, 0.05) is 44.8 Å². The second-order valence-electron chi connectivity index (χ2n) is 21.6. The van der Waals surface area contributed by atoms with Crippen molar-refractivity contribution in [1.29, 1.82) is 0 Å². The molecule has 0 saturated heterocycles. The Labute approximate surface area is 556 Å². The number of allylic oxidation sites excluding steroid dienone is 1. The number of rotatable bonds is 12. The van der Waals surface area contributed by atoms with Gasteiger partial charge in [-0.05, 0) is 188 Å². The monoisotopic (exact) mass is 1420 g/mol. The van der Waals surface area contributed by atoms with Gasteiger partial charge in [0.15, 0.2) is 18.2 Å². The molecule has 0 unspecified atom stereocenters. The number of methoxy groups -OCH3 is 1. The molecule has 12 heteroatoms. The first kappa shape index (κ1) is 62.1. The molecule has 0 aliphatic heterocycles. The summed E-state index contributed by atoms with van der Waals surface area (Å²) in [5.74, 6) is 0.419. The highest BCUT2D eigenvalue weighted by Gasteiger charge is 2.24. The Morgan fingerprint density at radius 2 is 1.02 bits per heavy atom. The second kappa shape index (κ2) is 27.9. The van der Waals surface area contributed by atoms with Gasteiger partial charge in [-0.15, -0.1) is 0 Å². The highest BCUT2D eigenvalue weighted by atomic mass is 127. The van der Waals surface area contributed by atoms with Gasteiger partial charge in [-0.3, -0.25) is 9.59 Å². The van der Waals surface area contributed by atoms with Crippen molar-refractivity contribution in [3.8, 4) is 61.8 Å². The SMILES string of the molecule is COc1c(C(=O)/C=C/c2c(C)cccc2C)cc2oc3ccccc3c2c1-c1ccccc1.Cc1cccc(C)c1-c1cc(-c2cc(-c3ccccc3)c3c(c2)oc2ccccc23)nc(-c2cccc(Br)n2)c1.O=C(C[n+]1ccccc1)c1cccc(Br)n1.[I-]. The fraction of sp³-hybridized carbons (Fsp3) is 0.0769. The van der Waals surface area contributed by atoms with Crippen LogP contribution in [0.5, 0.6) is 5.75 Å². The predicted molar refractivity (Wildman–Crippen MR) is 366 cm³/mol. The number of para-hydroxylation sites is 2. The van der Waals surface area contributed by atoms with Crippen LogP contribution in [0.4, 0.5) is 0 Å². The quantitative estimate of drug-likeness (QED) is 0.0391. The fourth-order valence-corrected chi connectivity index (χ4v) is 12.1. The summed E-state index contributed by atoms with van der Waals surface area (Å²) in [5, 5.41) is 4.17. The lowest BCUT2D eigenvalue weighted by molar-refractivity contribution is -0.683. The molecule has 6 heterocycles. The molecule has 0 spiro atoms. The largest absolute Gasteiger partial charge is 1.00 e. The molecular weight excluding hydrogens is 1360 g/mol. The number of hydrogen-bond acceptors (Lipinski definition) is 8. The summed E-state index contributed by atoms with van der Waals surface area (Å²) in [6.07, 6.45) is 7.22. The van der Waals surface area contributed by atoms with Crippen molar-refractivity contribution in [3.05, 3.63) is 297 Å². The van der Waals surface area contributed by atoms with Gasteiger partial charge in [-0.1, -0.05) is 158 Å². The molecule has 9 nitrogen and oxygen atoms in total. The van der Waals surface area contributed by atoms with E-state index in [0.29, 0.717) is 33.7 Å². The van der Waals surface area contributed by atoms with E-state index in [0.717, 1.165) is 110 Å². The molecule has 0 atom stereocenters. The number of hydrogen-bond donors (Lipinski definition) is 0. The summed E-state index contributed by atoms with van der Waals surface area (Å²) in [4.78, 5) is 39.3. The molecule has 0 N–H and O–H groups in total. The maximum atomic E-state index is 13.5. The van der Waals surface area contributed by atoms with Crippen molar-refractivity contribution < 1.29 is 51.7 Å². The Morgan fingerprint density at radius 3 is 1.66 bits per heavy atom. The normalized spacial score (nSPS) is 11.1. The minimum atomic E-state index is -0.131. The van der Waals surface area contributed by atoms with Crippen molar-refractivity contribution in [2.75, 3.05) is 7.11 Å². The Morgan fingerprint density at radius 1 is 0.478 bits per heavy atom. The van der Waals surface area contributed by atoms with E-state index in [1.54, 1.807) is 37.5 Å². The summed E-state index contributed by atoms with van der Waals surface area (Å²) in [5.41, 5.74) is 19.8. The number of aromatic nitrogens is 4. The minimum Gasteiger partial charge on any atom is -1.00 e. The van der Waals surface area contributed by atoms with Gasteiger partial charge in [0.1, 0.15) is 43.0 Å². The maximum absolute atomic E-state index is 13.5. The van der Waals surface area contributed by atoms with Gasteiger partial charge in [-0.25, -0.2) is 15.0 Å². The molecule has 0 amide bonds. The predicted octanol–water partition coefficient (Wildman–Crippen LogP) is 17.2. The first-order valence-corrected chi connectivity index (χ1v) is 30.7. The van der Waals surface area contributed by atoms with Crippen molar-refractivity contribution in [2.24, 2.45) is 0 Å². The average Bonchev–Trinajstić information content (AvgIpc) is 1.56. The number of aryl methyl sites for hydroxylation is 4. The molecule has 442 valence electrons. The van der Waals surface area contributed by atoms with E-state index >= 15 is 0 Å². The van der Waals surface area contributed by atoms with E-state index in [1.807, 2.05) is 164 Å². The van der Waals surface area contributed by atoms with Crippen LogP contribution < -0.4 is 33.3 Å². The van der Waals surface area contributed by atoms with Crippen LogP contribution in [0.25, 0.3) is 106 Å². The number of furan rings is 2. The molecule has 14 rings (SSSR count). The van der Waals surface area contributed by atoms with Crippen LogP contribution in [0.2, 0.25) is 0 Å². The van der Waals surface area contributed by atoms with Crippen LogP contribution >= 0.6 is 31.9 Å². The Balaban J connectivity index is 0.000000150. The molecule has 0 fully saturated rings. The smallest absolute Gasteiger partial charge is 0.245 e. The highest BCUT2D eigenvalue weighted by molar-refractivity contribution is 9.10. The van der Waals surface area contributed by atoms with Gasteiger partial charge in [0.25, 0.3) is 0 Å². The van der Waals surface area contributed by atoms with Gasteiger partial charge >= 0.3 is 0 Å². The molecule has 0 saturated carbocycles. The number of ether oxygens (including phenoxy) is 1. The number of carbonyl (C=O) groups excluding carboxylic acids is 2. The number of nitrogens with zero attached hydrogens (tertiary/aromatic N) is 4. The van der Waals surface area contributed by atoms with E-state index in [2.05, 4.69) is 130 Å². The van der Waals surface area contributed by atoms with Gasteiger partial charge in [-0.2, -0.15) is 4.57 Å². The Kier molecular flexibility index (Phi) is 19.3. The molecule has 0 radical (unpaired) electrons. The lowest BCUT2D eigenvalue weighted by Crippen LogP contribution is -3.00. The third-order valence-corrected chi connectivity index (χ3v) is 16.5. The molecule has 0 aliphatic rings. The first-order valence-electron chi connectivity index (χ1n) is 29.1. The number of fused-ring (bicyclic) bond motifs is 6. The maximum Gasteiger partial charge on any atom is 0.245 e. The summed E-state index contributed by atoms with van der Waals surface area (Å²) in [6.45, 7) is 8.72. The second-order valence-corrected chi connectivity index (χ2v) is 23.2. The zero-order chi connectivity index (χ0) is 61.5. The van der Waals surface area contributed by atoms with Crippen molar-refractivity contribution in [2.45, 2.75) is 34.2 Å².